The highest BCUT2D eigenvalue weighted by Crippen LogP contribution is 2.21. The first-order chi connectivity index (χ1) is 9.34. The van der Waals surface area contributed by atoms with E-state index in [0.717, 1.165) is 12.5 Å². The molecule has 20 heavy (non-hydrogen) atoms. The molecule has 0 unspecified atom stereocenters. The van der Waals surface area contributed by atoms with Gasteiger partial charge in [-0.15, -0.1) is 0 Å². The molecular formula is C11H27NO6Si2. The summed E-state index contributed by atoms with van der Waals surface area (Å²) in [5.74, 6) is 0. The molecule has 0 rings (SSSR count). The summed E-state index contributed by atoms with van der Waals surface area (Å²) >= 11 is 0. The summed E-state index contributed by atoms with van der Waals surface area (Å²) in [6, 6.07) is 0.851. The minimum absolute atomic E-state index is 0.374. The Labute approximate surface area is 123 Å². The van der Waals surface area contributed by atoms with Crippen LogP contribution >= 0.6 is 0 Å². The molecule has 0 aliphatic carbocycles. The van der Waals surface area contributed by atoms with Gasteiger partial charge in [-0.25, -0.2) is 4.79 Å². The van der Waals surface area contributed by atoms with Gasteiger partial charge in [-0.3, -0.25) is 0 Å². The van der Waals surface area contributed by atoms with Crippen LogP contribution in [0.1, 0.15) is 13.3 Å². The maximum atomic E-state index is 11.1. The van der Waals surface area contributed by atoms with Crippen LogP contribution in [-0.4, -0.2) is 57.9 Å². The topological polar surface area (TPSA) is 75.3 Å². The van der Waals surface area contributed by atoms with Crippen LogP contribution in [0.4, 0.5) is 4.79 Å². The number of hydrogen-bond donors (Lipinski definition) is 1. The fourth-order valence-electron chi connectivity index (χ4n) is 1.65. The first-order valence-corrected chi connectivity index (χ1v) is 11.4. The smallest absolute Gasteiger partial charge is 0.450 e. The highest BCUT2D eigenvalue weighted by atomic mass is 28.5. The molecule has 0 aromatic heterocycles. The molecule has 0 radical (unpaired) electrons. The highest BCUT2D eigenvalue weighted by molar-refractivity contribution is 6.78. The Kier molecular flexibility index (Phi) is 9.26. The number of alkyl carbamates (subject to hydrolysis) is 1. The predicted octanol–water partition coefficient (Wildman–Crippen LogP) is 1.72. The fourth-order valence-corrected chi connectivity index (χ4v) is 7.29. The molecule has 0 aromatic rings. The lowest BCUT2D eigenvalue weighted by Gasteiger charge is -2.32. The van der Waals surface area contributed by atoms with Gasteiger partial charge in [-0.1, -0.05) is 0 Å². The number of rotatable bonds is 10. The summed E-state index contributed by atoms with van der Waals surface area (Å²) in [5.41, 5.74) is 0. The Morgan fingerprint density at radius 2 is 1.65 bits per heavy atom. The van der Waals surface area contributed by atoms with Gasteiger partial charge in [0, 0.05) is 27.9 Å². The van der Waals surface area contributed by atoms with Crippen molar-refractivity contribution < 1.29 is 26.9 Å². The van der Waals surface area contributed by atoms with Crippen molar-refractivity contribution in [3.8, 4) is 0 Å². The number of carbonyl (C=O) groups is 1. The molecule has 0 fully saturated rings. The van der Waals surface area contributed by atoms with E-state index in [1.165, 1.54) is 21.3 Å². The summed E-state index contributed by atoms with van der Waals surface area (Å²) < 4.78 is 26.6. The van der Waals surface area contributed by atoms with Crippen molar-refractivity contribution in [3.05, 3.63) is 0 Å². The standard InChI is InChI=1S/C11H27NO6Si2/c1-7-17-11(13)12-9-8-10-19(5,6)18-20(14-2,15-3)16-4/h7-10H2,1-6H3,(H,12,13). The summed E-state index contributed by atoms with van der Waals surface area (Å²) in [4.78, 5) is 11.1. The minimum atomic E-state index is -3.00. The van der Waals surface area contributed by atoms with Crippen molar-refractivity contribution in [2.45, 2.75) is 32.5 Å². The summed E-state index contributed by atoms with van der Waals surface area (Å²) in [6.07, 6.45) is 0.418. The quantitative estimate of drug-likeness (QED) is 0.487. The van der Waals surface area contributed by atoms with E-state index in [1.54, 1.807) is 6.92 Å². The Morgan fingerprint density at radius 3 is 2.10 bits per heavy atom. The Balaban J connectivity index is 4.15. The first-order valence-electron chi connectivity index (χ1n) is 6.61. The third-order valence-electron chi connectivity index (χ3n) is 2.65. The normalized spacial score (nSPS) is 12.3. The van der Waals surface area contributed by atoms with Crippen molar-refractivity contribution in [1.82, 2.24) is 5.32 Å². The molecule has 0 bridgehead atoms. The molecule has 7 nitrogen and oxygen atoms in total. The molecular weight excluding hydrogens is 298 g/mol. The second kappa shape index (κ2) is 9.47. The molecule has 0 spiro atoms. The highest BCUT2D eigenvalue weighted by Gasteiger charge is 2.47. The summed E-state index contributed by atoms with van der Waals surface area (Å²) in [6.45, 7) is 6.83. The van der Waals surface area contributed by atoms with E-state index >= 15 is 0 Å². The zero-order chi connectivity index (χ0) is 15.6. The van der Waals surface area contributed by atoms with Gasteiger partial charge >= 0.3 is 15.1 Å². The Morgan fingerprint density at radius 1 is 1.10 bits per heavy atom. The first kappa shape index (κ1) is 19.5. The molecule has 0 aliphatic rings. The molecule has 0 aliphatic heterocycles. The van der Waals surface area contributed by atoms with Crippen molar-refractivity contribution in [2.75, 3.05) is 34.5 Å². The van der Waals surface area contributed by atoms with Gasteiger partial charge in [0.25, 0.3) is 0 Å². The fraction of sp³-hybridized carbons (Fsp3) is 0.909. The van der Waals surface area contributed by atoms with Crippen LogP contribution in [0, 0.1) is 0 Å². The minimum Gasteiger partial charge on any atom is -0.450 e. The van der Waals surface area contributed by atoms with Gasteiger partial charge in [0.05, 0.1) is 6.61 Å². The molecule has 0 saturated carbocycles. The van der Waals surface area contributed by atoms with Crippen LogP contribution < -0.4 is 5.32 Å². The maximum Gasteiger partial charge on any atom is 0.668 e. The average molecular weight is 326 g/mol. The summed E-state index contributed by atoms with van der Waals surface area (Å²) in [7, 11) is -0.436. The Hall–Kier alpha value is -0.456. The van der Waals surface area contributed by atoms with E-state index < -0.39 is 17.4 Å². The number of carbonyl (C=O) groups excluding carboxylic acids is 1. The second-order valence-corrected chi connectivity index (χ2v) is 11.8. The maximum absolute atomic E-state index is 11.1. The summed E-state index contributed by atoms with van der Waals surface area (Å²) in [5, 5.41) is 2.68. The molecule has 1 N–H and O–H groups in total. The van der Waals surface area contributed by atoms with Crippen LogP contribution in [-0.2, 0) is 22.1 Å². The van der Waals surface area contributed by atoms with Gasteiger partial charge in [0.15, 0.2) is 8.32 Å². The number of amides is 1. The van der Waals surface area contributed by atoms with E-state index in [0.29, 0.717) is 13.2 Å². The van der Waals surface area contributed by atoms with Crippen LogP contribution in [0.2, 0.25) is 19.1 Å². The van der Waals surface area contributed by atoms with Gasteiger partial charge in [-0.05, 0) is 32.5 Å². The van der Waals surface area contributed by atoms with E-state index in [1.807, 2.05) is 0 Å². The monoisotopic (exact) mass is 325 g/mol. The lowest BCUT2D eigenvalue weighted by atomic mass is 10.5. The molecule has 0 aromatic carbocycles. The SMILES string of the molecule is CCOC(=O)NCCC[Si](C)(C)O[Si](OC)(OC)OC. The van der Waals surface area contributed by atoms with Crippen molar-refractivity contribution in [3.63, 3.8) is 0 Å². The zero-order valence-corrected chi connectivity index (χ0v) is 15.3. The molecule has 0 saturated heterocycles. The third kappa shape index (κ3) is 7.36. The number of nitrogens with one attached hydrogen (secondary N) is 1. The van der Waals surface area contributed by atoms with E-state index in [4.69, 9.17) is 22.1 Å². The molecule has 120 valence electrons. The van der Waals surface area contributed by atoms with Crippen molar-refractivity contribution in [1.29, 1.82) is 0 Å². The van der Waals surface area contributed by atoms with E-state index in [-0.39, 0.29) is 6.09 Å². The lowest BCUT2D eigenvalue weighted by molar-refractivity contribution is 0.0478. The lowest BCUT2D eigenvalue weighted by Crippen LogP contribution is -2.54. The average Bonchev–Trinajstić information content (AvgIpc) is 2.41. The molecule has 0 atom stereocenters. The van der Waals surface area contributed by atoms with Crippen molar-refractivity contribution >= 4 is 23.5 Å². The van der Waals surface area contributed by atoms with Crippen LogP contribution in [0.3, 0.4) is 0 Å². The zero-order valence-electron chi connectivity index (χ0n) is 13.3. The molecule has 1 amide bonds. The molecule has 0 heterocycles. The van der Waals surface area contributed by atoms with E-state index in [9.17, 15) is 4.79 Å². The van der Waals surface area contributed by atoms with Gasteiger partial charge < -0.3 is 27.4 Å². The van der Waals surface area contributed by atoms with Gasteiger partial charge in [0.1, 0.15) is 0 Å². The van der Waals surface area contributed by atoms with Gasteiger partial charge in [0.2, 0.25) is 0 Å². The van der Waals surface area contributed by atoms with Crippen LogP contribution in [0.25, 0.3) is 0 Å². The van der Waals surface area contributed by atoms with Crippen LogP contribution in [0.15, 0.2) is 0 Å². The van der Waals surface area contributed by atoms with Crippen molar-refractivity contribution in [2.24, 2.45) is 0 Å². The largest absolute Gasteiger partial charge is 0.668 e. The Bertz CT molecular complexity index is 278. The number of ether oxygens (including phenoxy) is 1. The second-order valence-electron chi connectivity index (χ2n) is 4.72. The van der Waals surface area contributed by atoms with E-state index in [2.05, 4.69) is 18.4 Å². The molecule has 9 heteroatoms. The van der Waals surface area contributed by atoms with Gasteiger partial charge in [-0.2, -0.15) is 0 Å². The number of hydrogen-bond acceptors (Lipinski definition) is 6. The third-order valence-corrected chi connectivity index (χ3v) is 8.92. The predicted molar refractivity (Wildman–Crippen MR) is 79.8 cm³/mol. The van der Waals surface area contributed by atoms with Crippen LogP contribution in [0.5, 0.6) is 0 Å².